The van der Waals surface area contributed by atoms with E-state index in [9.17, 15) is 9.59 Å². The average molecular weight is 463 g/mol. The molecule has 0 spiro atoms. The summed E-state index contributed by atoms with van der Waals surface area (Å²) >= 11 is 0. The molecule has 3 amide bonds. The molecule has 6 heteroatoms. The van der Waals surface area contributed by atoms with Crippen molar-refractivity contribution in [1.82, 2.24) is 20.0 Å². The van der Waals surface area contributed by atoms with Crippen LogP contribution in [-0.2, 0) is 11.3 Å². The van der Waals surface area contributed by atoms with E-state index >= 15 is 0 Å². The number of hydrogen-bond donors (Lipinski definition) is 1. The second-order valence-electron chi connectivity index (χ2n) is 10.1. The first-order chi connectivity index (χ1) is 16.4. The maximum Gasteiger partial charge on any atom is 0.317 e. The lowest BCUT2D eigenvalue weighted by molar-refractivity contribution is -0.139. The van der Waals surface area contributed by atoms with Gasteiger partial charge in [0, 0.05) is 57.8 Å². The number of amides is 3. The normalized spacial score (nSPS) is 21.5. The Bertz CT molecular complexity index is 969. The van der Waals surface area contributed by atoms with Gasteiger partial charge in [-0.15, -0.1) is 0 Å². The van der Waals surface area contributed by atoms with Crippen LogP contribution in [-0.4, -0.2) is 71.9 Å². The molecule has 2 aliphatic heterocycles. The second-order valence-corrected chi connectivity index (χ2v) is 10.1. The summed E-state index contributed by atoms with van der Waals surface area (Å²) in [6.45, 7) is 11.3. The Morgan fingerprint density at radius 1 is 0.941 bits per heavy atom. The zero-order valence-electron chi connectivity index (χ0n) is 20.7. The molecule has 0 unspecified atom stereocenters. The smallest absolute Gasteiger partial charge is 0.317 e. The summed E-state index contributed by atoms with van der Waals surface area (Å²) in [4.78, 5) is 32.8. The molecule has 6 nitrogen and oxygen atoms in total. The lowest BCUT2D eigenvalue weighted by atomic mass is 9.83. The minimum Gasteiger partial charge on any atom is -0.340 e. The number of hydrogen-bond acceptors (Lipinski definition) is 3. The first-order valence-electron chi connectivity index (χ1n) is 12.6. The molecule has 2 heterocycles. The van der Waals surface area contributed by atoms with Crippen molar-refractivity contribution in [2.45, 2.75) is 45.7 Å². The Kier molecular flexibility index (Phi) is 7.88. The van der Waals surface area contributed by atoms with Crippen LogP contribution in [0.3, 0.4) is 0 Å². The van der Waals surface area contributed by atoms with Crippen molar-refractivity contribution in [3.05, 3.63) is 71.3 Å². The van der Waals surface area contributed by atoms with Crippen LogP contribution in [0.4, 0.5) is 4.79 Å². The van der Waals surface area contributed by atoms with Crippen LogP contribution in [0.25, 0.3) is 0 Å². The van der Waals surface area contributed by atoms with E-state index in [0.717, 1.165) is 39.1 Å². The Morgan fingerprint density at radius 3 is 2.35 bits per heavy atom. The monoisotopic (exact) mass is 462 g/mol. The summed E-state index contributed by atoms with van der Waals surface area (Å²) in [6, 6.07) is 19.0. The molecular weight excluding hydrogens is 424 g/mol. The van der Waals surface area contributed by atoms with E-state index in [-0.39, 0.29) is 29.8 Å². The standard InChI is InChI=1S/C28H38N4O2/c1-21(2)29-28(34)32-19-25(24-11-7-8-22(3)16-24)17-26(20-32)27(33)31-14-12-30(13-15-31)18-23-9-5-4-6-10-23/h4-11,16,21,25-26H,12-15,17-20H2,1-3H3,(H,29,34)/t25-,26-/m0/s1. The zero-order chi connectivity index (χ0) is 24.1. The molecule has 0 saturated carbocycles. The van der Waals surface area contributed by atoms with Gasteiger partial charge in [0.1, 0.15) is 0 Å². The minimum atomic E-state index is -0.169. The van der Waals surface area contributed by atoms with Crippen LogP contribution in [0.1, 0.15) is 42.9 Å². The van der Waals surface area contributed by atoms with Gasteiger partial charge >= 0.3 is 6.03 Å². The van der Waals surface area contributed by atoms with Gasteiger partial charge in [-0.3, -0.25) is 9.69 Å². The summed E-state index contributed by atoms with van der Waals surface area (Å²) in [5.41, 5.74) is 3.73. The third-order valence-electron chi connectivity index (χ3n) is 6.95. The molecule has 2 saturated heterocycles. The summed E-state index contributed by atoms with van der Waals surface area (Å²) in [5, 5.41) is 3.02. The molecule has 0 aromatic heterocycles. The van der Waals surface area contributed by atoms with E-state index in [2.05, 4.69) is 65.7 Å². The van der Waals surface area contributed by atoms with Gasteiger partial charge in [0.25, 0.3) is 0 Å². The lowest BCUT2D eigenvalue weighted by Gasteiger charge is -2.41. The molecule has 2 aromatic rings. The van der Waals surface area contributed by atoms with Crippen molar-refractivity contribution >= 4 is 11.9 Å². The lowest BCUT2D eigenvalue weighted by Crippen LogP contribution is -2.55. The van der Waals surface area contributed by atoms with Crippen LogP contribution >= 0.6 is 0 Å². The Morgan fingerprint density at radius 2 is 1.68 bits per heavy atom. The summed E-state index contributed by atoms with van der Waals surface area (Å²) in [5.74, 6) is 0.191. The average Bonchev–Trinajstić information content (AvgIpc) is 2.84. The predicted octanol–water partition coefficient (Wildman–Crippen LogP) is 3.86. The van der Waals surface area contributed by atoms with Crippen molar-refractivity contribution in [3.63, 3.8) is 0 Å². The number of nitrogens with zero attached hydrogens (tertiary/aromatic N) is 3. The SMILES string of the molecule is Cc1cccc([C@H]2C[C@H](C(=O)N3CCN(Cc4ccccc4)CC3)CN(C(=O)NC(C)C)C2)c1. The zero-order valence-corrected chi connectivity index (χ0v) is 20.7. The first kappa shape index (κ1) is 24.3. The van der Waals surface area contributed by atoms with Crippen molar-refractivity contribution in [1.29, 1.82) is 0 Å². The fraction of sp³-hybridized carbons (Fsp3) is 0.500. The molecule has 1 N–H and O–H groups in total. The van der Waals surface area contributed by atoms with Gasteiger partial charge in [-0.05, 0) is 38.3 Å². The fourth-order valence-electron chi connectivity index (χ4n) is 5.17. The molecule has 34 heavy (non-hydrogen) atoms. The third-order valence-corrected chi connectivity index (χ3v) is 6.95. The van der Waals surface area contributed by atoms with E-state index in [1.807, 2.05) is 29.7 Å². The van der Waals surface area contributed by atoms with Crippen LogP contribution in [0, 0.1) is 12.8 Å². The van der Waals surface area contributed by atoms with Crippen LogP contribution in [0.5, 0.6) is 0 Å². The summed E-state index contributed by atoms with van der Waals surface area (Å²) < 4.78 is 0. The van der Waals surface area contributed by atoms with Gasteiger partial charge in [-0.2, -0.15) is 0 Å². The third kappa shape index (κ3) is 6.17. The van der Waals surface area contributed by atoms with E-state index in [0.29, 0.717) is 13.1 Å². The number of piperidine rings is 1. The fourth-order valence-corrected chi connectivity index (χ4v) is 5.17. The molecule has 4 rings (SSSR count). The highest BCUT2D eigenvalue weighted by molar-refractivity contribution is 5.81. The molecule has 0 radical (unpaired) electrons. The van der Waals surface area contributed by atoms with Gasteiger partial charge in [0.05, 0.1) is 5.92 Å². The van der Waals surface area contributed by atoms with Gasteiger partial charge in [0.15, 0.2) is 0 Å². The van der Waals surface area contributed by atoms with Crippen molar-refractivity contribution in [3.8, 4) is 0 Å². The van der Waals surface area contributed by atoms with Gasteiger partial charge in [0.2, 0.25) is 5.91 Å². The quantitative estimate of drug-likeness (QED) is 0.734. The highest BCUT2D eigenvalue weighted by Crippen LogP contribution is 2.32. The molecule has 0 aliphatic carbocycles. The second kappa shape index (κ2) is 11.0. The predicted molar refractivity (Wildman–Crippen MR) is 136 cm³/mol. The number of carbonyl (C=O) groups is 2. The van der Waals surface area contributed by atoms with E-state index < -0.39 is 0 Å². The van der Waals surface area contributed by atoms with E-state index in [1.165, 1.54) is 16.7 Å². The molecule has 2 aromatic carbocycles. The first-order valence-corrected chi connectivity index (χ1v) is 12.6. The maximum atomic E-state index is 13.6. The van der Waals surface area contributed by atoms with Gasteiger partial charge in [-0.1, -0.05) is 60.2 Å². The number of piperazine rings is 1. The van der Waals surface area contributed by atoms with Crippen LogP contribution in [0.15, 0.2) is 54.6 Å². The maximum absolute atomic E-state index is 13.6. The number of benzene rings is 2. The van der Waals surface area contributed by atoms with Crippen LogP contribution < -0.4 is 5.32 Å². The number of carbonyl (C=O) groups excluding carboxylic acids is 2. The largest absolute Gasteiger partial charge is 0.340 e. The highest BCUT2D eigenvalue weighted by Gasteiger charge is 2.37. The summed E-state index contributed by atoms with van der Waals surface area (Å²) in [7, 11) is 0. The van der Waals surface area contributed by atoms with Gasteiger partial charge in [-0.25, -0.2) is 4.79 Å². The Balaban J connectivity index is 1.42. The molecule has 2 aliphatic rings. The number of urea groups is 1. The Labute approximate surface area is 203 Å². The number of nitrogens with one attached hydrogen (secondary N) is 1. The van der Waals surface area contributed by atoms with Crippen molar-refractivity contribution in [2.24, 2.45) is 5.92 Å². The topological polar surface area (TPSA) is 55.9 Å². The number of rotatable bonds is 5. The van der Waals surface area contributed by atoms with Crippen LogP contribution in [0.2, 0.25) is 0 Å². The number of likely N-dealkylation sites (tertiary alicyclic amines) is 1. The van der Waals surface area contributed by atoms with E-state index in [4.69, 9.17) is 0 Å². The van der Waals surface area contributed by atoms with Crippen molar-refractivity contribution < 1.29 is 9.59 Å². The molecule has 2 fully saturated rings. The summed E-state index contributed by atoms with van der Waals surface area (Å²) in [6.07, 6.45) is 0.790. The van der Waals surface area contributed by atoms with Crippen molar-refractivity contribution in [2.75, 3.05) is 39.3 Å². The molecule has 0 bridgehead atoms. The molecule has 2 atom stereocenters. The van der Waals surface area contributed by atoms with Gasteiger partial charge < -0.3 is 15.1 Å². The van der Waals surface area contributed by atoms with E-state index in [1.54, 1.807) is 0 Å². The molecule has 182 valence electrons. The Hall–Kier alpha value is -2.86. The highest BCUT2D eigenvalue weighted by atomic mass is 16.2. The minimum absolute atomic E-state index is 0.0682. The molecular formula is C28H38N4O2. The number of aryl methyl sites for hydroxylation is 1.